The summed E-state index contributed by atoms with van der Waals surface area (Å²) in [5.41, 5.74) is 3.45. The van der Waals surface area contributed by atoms with E-state index >= 15 is 0 Å². The normalized spacial score (nSPS) is 38.4. The third kappa shape index (κ3) is 1.94. The Balaban J connectivity index is 1.81. The van der Waals surface area contributed by atoms with Crippen LogP contribution in [0.2, 0.25) is 0 Å². The lowest BCUT2D eigenvalue weighted by atomic mass is 9.71. The van der Waals surface area contributed by atoms with E-state index in [0.29, 0.717) is 29.2 Å². The van der Waals surface area contributed by atoms with Crippen LogP contribution in [-0.4, -0.2) is 6.04 Å². The fraction of sp³-hybridized carbons (Fsp3) is 0.647. The summed E-state index contributed by atoms with van der Waals surface area (Å²) in [4.78, 5) is 0. The number of rotatable bonds is 0. The van der Waals surface area contributed by atoms with Crippen molar-refractivity contribution in [2.75, 3.05) is 0 Å². The molecule has 0 amide bonds. The van der Waals surface area contributed by atoms with E-state index in [1.165, 1.54) is 18.5 Å². The average molecular weight is 243 g/mol. The fourth-order valence-corrected chi connectivity index (χ4v) is 3.55. The highest BCUT2D eigenvalue weighted by atomic mass is 15.0. The molecule has 2 aliphatic carbocycles. The highest BCUT2D eigenvalue weighted by Crippen LogP contribution is 2.43. The highest BCUT2D eigenvalue weighted by molar-refractivity contribution is 5.41. The zero-order valence-electron chi connectivity index (χ0n) is 12.0. The third-order valence-corrected chi connectivity index (χ3v) is 4.80. The topological polar surface area (TPSA) is 12.0 Å². The summed E-state index contributed by atoms with van der Waals surface area (Å²) in [5, 5.41) is 3.80. The molecule has 0 aromatic carbocycles. The van der Waals surface area contributed by atoms with Crippen LogP contribution in [0.25, 0.3) is 0 Å². The second-order valence-electron chi connectivity index (χ2n) is 7.34. The molecule has 0 aromatic rings. The first-order valence-corrected chi connectivity index (χ1v) is 7.31. The van der Waals surface area contributed by atoms with Crippen molar-refractivity contribution in [3.8, 4) is 0 Å². The Kier molecular flexibility index (Phi) is 2.69. The SMILES string of the molecule is CC1C=CC2=C(C1)NC1CC(C(C)(C)C)C=CC21. The van der Waals surface area contributed by atoms with Gasteiger partial charge in [-0.2, -0.15) is 0 Å². The van der Waals surface area contributed by atoms with Crippen LogP contribution in [0.3, 0.4) is 0 Å². The van der Waals surface area contributed by atoms with E-state index in [1.54, 1.807) is 5.57 Å². The van der Waals surface area contributed by atoms with Crippen molar-refractivity contribution in [1.29, 1.82) is 0 Å². The van der Waals surface area contributed by atoms with E-state index in [0.717, 1.165) is 0 Å². The standard InChI is InChI=1S/C17H25N/c1-11-5-7-13-14-8-6-12(17(2,3)4)10-16(14)18-15(13)9-11/h5-8,11-12,14,16,18H,9-10H2,1-4H3. The first-order chi connectivity index (χ1) is 8.45. The third-order valence-electron chi connectivity index (χ3n) is 4.80. The van der Waals surface area contributed by atoms with Crippen molar-refractivity contribution in [3.63, 3.8) is 0 Å². The lowest BCUT2D eigenvalue weighted by molar-refractivity contribution is 0.238. The molecule has 98 valence electrons. The molecule has 1 heteroatoms. The zero-order valence-corrected chi connectivity index (χ0v) is 12.0. The Morgan fingerprint density at radius 1 is 1.17 bits per heavy atom. The zero-order chi connectivity index (χ0) is 12.9. The van der Waals surface area contributed by atoms with Crippen molar-refractivity contribution in [2.24, 2.45) is 23.2 Å². The molecule has 4 atom stereocenters. The van der Waals surface area contributed by atoms with Gasteiger partial charge in [0.05, 0.1) is 0 Å². The van der Waals surface area contributed by atoms with Gasteiger partial charge < -0.3 is 5.32 Å². The number of hydrogen-bond donors (Lipinski definition) is 1. The van der Waals surface area contributed by atoms with E-state index in [1.807, 2.05) is 0 Å². The minimum atomic E-state index is 0.384. The van der Waals surface area contributed by atoms with Crippen LogP contribution in [0, 0.1) is 23.2 Å². The molecule has 1 N–H and O–H groups in total. The molecule has 0 bridgehead atoms. The molecule has 1 nitrogen and oxygen atoms in total. The molecule has 3 rings (SSSR count). The quantitative estimate of drug-likeness (QED) is 0.633. The summed E-state index contributed by atoms with van der Waals surface area (Å²) in [6.07, 6.45) is 12.1. The number of hydrogen-bond acceptors (Lipinski definition) is 1. The Hall–Kier alpha value is -0.980. The van der Waals surface area contributed by atoms with Crippen LogP contribution in [-0.2, 0) is 0 Å². The maximum absolute atomic E-state index is 3.80. The minimum Gasteiger partial charge on any atom is -0.384 e. The maximum atomic E-state index is 3.80. The van der Waals surface area contributed by atoms with Crippen LogP contribution in [0.1, 0.15) is 40.5 Å². The van der Waals surface area contributed by atoms with Gasteiger partial charge in [-0.25, -0.2) is 0 Å². The van der Waals surface area contributed by atoms with Crippen LogP contribution in [0.4, 0.5) is 0 Å². The molecule has 18 heavy (non-hydrogen) atoms. The van der Waals surface area contributed by atoms with Crippen molar-refractivity contribution in [1.82, 2.24) is 5.32 Å². The highest BCUT2D eigenvalue weighted by Gasteiger charge is 2.39. The summed E-state index contributed by atoms with van der Waals surface area (Å²) >= 11 is 0. The Bertz CT molecular complexity index is 433. The first-order valence-electron chi connectivity index (χ1n) is 7.31. The maximum Gasteiger partial charge on any atom is 0.0368 e. The number of nitrogens with one attached hydrogen (secondary N) is 1. The average Bonchev–Trinajstić information content (AvgIpc) is 2.63. The van der Waals surface area contributed by atoms with E-state index < -0.39 is 0 Å². The molecule has 0 spiro atoms. The van der Waals surface area contributed by atoms with Gasteiger partial charge in [0.25, 0.3) is 0 Å². The molecule has 0 aromatic heterocycles. The van der Waals surface area contributed by atoms with E-state index in [-0.39, 0.29) is 0 Å². The van der Waals surface area contributed by atoms with Crippen molar-refractivity contribution in [2.45, 2.75) is 46.6 Å². The van der Waals surface area contributed by atoms with Crippen molar-refractivity contribution >= 4 is 0 Å². The van der Waals surface area contributed by atoms with Gasteiger partial charge in [-0.15, -0.1) is 0 Å². The van der Waals surface area contributed by atoms with Gasteiger partial charge in [0.15, 0.2) is 0 Å². The summed E-state index contributed by atoms with van der Waals surface area (Å²) in [7, 11) is 0. The monoisotopic (exact) mass is 243 g/mol. The smallest absolute Gasteiger partial charge is 0.0368 e. The summed E-state index contributed by atoms with van der Waals surface area (Å²) in [6.45, 7) is 9.36. The van der Waals surface area contributed by atoms with E-state index in [9.17, 15) is 0 Å². The molecule has 0 saturated heterocycles. The Morgan fingerprint density at radius 2 is 1.94 bits per heavy atom. The molecular formula is C17H25N. The van der Waals surface area contributed by atoms with Gasteiger partial charge in [-0.3, -0.25) is 0 Å². The molecule has 0 radical (unpaired) electrons. The van der Waals surface area contributed by atoms with E-state index in [4.69, 9.17) is 0 Å². The van der Waals surface area contributed by atoms with Gasteiger partial charge in [0.1, 0.15) is 0 Å². The molecule has 1 aliphatic heterocycles. The second kappa shape index (κ2) is 4.01. The second-order valence-corrected chi connectivity index (χ2v) is 7.34. The van der Waals surface area contributed by atoms with Crippen molar-refractivity contribution in [3.05, 3.63) is 35.6 Å². The number of allylic oxidation sites excluding steroid dienone is 4. The van der Waals surface area contributed by atoms with Crippen LogP contribution in [0.15, 0.2) is 35.6 Å². The van der Waals surface area contributed by atoms with Gasteiger partial charge in [0, 0.05) is 17.7 Å². The largest absolute Gasteiger partial charge is 0.384 e. The lowest BCUT2D eigenvalue weighted by Crippen LogP contribution is -2.36. The lowest BCUT2D eigenvalue weighted by Gasteiger charge is -2.35. The summed E-state index contributed by atoms with van der Waals surface area (Å²) < 4.78 is 0. The fourth-order valence-electron chi connectivity index (χ4n) is 3.55. The van der Waals surface area contributed by atoms with Crippen LogP contribution in [0.5, 0.6) is 0 Å². The van der Waals surface area contributed by atoms with Crippen LogP contribution < -0.4 is 5.32 Å². The molecule has 1 heterocycles. The molecule has 4 unspecified atom stereocenters. The molecule has 3 aliphatic rings. The van der Waals surface area contributed by atoms with Gasteiger partial charge in [0.2, 0.25) is 0 Å². The van der Waals surface area contributed by atoms with Crippen molar-refractivity contribution < 1.29 is 0 Å². The summed E-state index contributed by atoms with van der Waals surface area (Å²) in [5.74, 6) is 2.02. The van der Waals surface area contributed by atoms with Crippen LogP contribution >= 0.6 is 0 Å². The predicted molar refractivity (Wildman–Crippen MR) is 77.1 cm³/mol. The molecule has 0 saturated carbocycles. The molecule has 0 fully saturated rings. The van der Waals surface area contributed by atoms with Gasteiger partial charge >= 0.3 is 0 Å². The Morgan fingerprint density at radius 3 is 2.67 bits per heavy atom. The minimum absolute atomic E-state index is 0.384. The van der Waals surface area contributed by atoms with E-state index in [2.05, 4.69) is 57.3 Å². The first kappa shape index (κ1) is 12.1. The molecular weight excluding hydrogens is 218 g/mol. The predicted octanol–water partition coefficient (Wildman–Crippen LogP) is 4.05. The van der Waals surface area contributed by atoms with Gasteiger partial charge in [-0.1, -0.05) is 52.0 Å². The van der Waals surface area contributed by atoms with Gasteiger partial charge in [-0.05, 0) is 35.7 Å². The number of fused-ring (bicyclic) bond motifs is 2. The summed E-state index contributed by atoms with van der Waals surface area (Å²) in [6, 6.07) is 0.638. The Labute approximate surface area is 111 Å².